The van der Waals surface area contributed by atoms with Gasteiger partial charge in [0.25, 0.3) is 5.91 Å². The molecule has 1 amide bonds. The molecule has 0 atom stereocenters. The van der Waals surface area contributed by atoms with Crippen LogP contribution in [0.3, 0.4) is 0 Å². The summed E-state index contributed by atoms with van der Waals surface area (Å²) in [5, 5.41) is 5.10. The first kappa shape index (κ1) is 11.6. The number of nitrogens with one attached hydrogen (secondary N) is 1. The number of likely N-dealkylation sites (tertiary alicyclic amines) is 1. The summed E-state index contributed by atoms with van der Waals surface area (Å²) in [6.07, 6.45) is 2.12. The number of nitrogens with zero attached hydrogens (tertiary/aromatic N) is 1. The van der Waals surface area contributed by atoms with Crippen molar-refractivity contribution in [3.63, 3.8) is 0 Å². The van der Waals surface area contributed by atoms with E-state index in [1.807, 2.05) is 18.4 Å². The molecule has 88 valence electrons. The van der Waals surface area contributed by atoms with Crippen LogP contribution in [0.2, 0.25) is 0 Å². The number of hydrogen-bond donors (Lipinski definition) is 1. The number of aryl methyl sites for hydroxylation is 1. The zero-order valence-corrected chi connectivity index (χ0v) is 10.6. The van der Waals surface area contributed by atoms with E-state index in [0.717, 1.165) is 36.4 Å². The lowest BCUT2D eigenvalue weighted by Crippen LogP contribution is -2.43. The molecule has 0 aromatic carbocycles. The van der Waals surface area contributed by atoms with Crippen LogP contribution in [0.25, 0.3) is 0 Å². The van der Waals surface area contributed by atoms with Crippen LogP contribution in [0.5, 0.6) is 0 Å². The van der Waals surface area contributed by atoms with Crippen molar-refractivity contribution in [3.8, 4) is 0 Å². The van der Waals surface area contributed by atoms with Gasteiger partial charge in [0.1, 0.15) is 0 Å². The Morgan fingerprint density at radius 2 is 2.19 bits per heavy atom. The van der Waals surface area contributed by atoms with Gasteiger partial charge in [-0.05, 0) is 56.9 Å². The fraction of sp³-hybridized carbons (Fsp3) is 0.583. The molecule has 1 fully saturated rings. The van der Waals surface area contributed by atoms with Crippen LogP contribution < -0.4 is 5.32 Å². The predicted molar refractivity (Wildman–Crippen MR) is 67.0 cm³/mol. The summed E-state index contributed by atoms with van der Waals surface area (Å²) in [7, 11) is 2.13. The van der Waals surface area contributed by atoms with E-state index in [1.54, 1.807) is 0 Å². The molecule has 1 aromatic rings. The zero-order valence-electron chi connectivity index (χ0n) is 9.82. The van der Waals surface area contributed by atoms with E-state index in [1.165, 1.54) is 11.3 Å². The SMILES string of the molecule is Cc1ccsc1C(=O)NC1CCN(C)CC1. The van der Waals surface area contributed by atoms with Crippen LogP contribution in [0.1, 0.15) is 28.1 Å². The number of hydrogen-bond acceptors (Lipinski definition) is 3. The highest BCUT2D eigenvalue weighted by Crippen LogP contribution is 2.16. The van der Waals surface area contributed by atoms with Crippen LogP contribution in [0.15, 0.2) is 11.4 Å². The first-order valence-electron chi connectivity index (χ1n) is 5.70. The van der Waals surface area contributed by atoms with Gasteiger partial charge in [0.05, 0.1) is 4.88 Å². The Bertz CT molecular complexity index is 367. The Kier molecular flexibility index (Phi) is 3.61. The molecule has 2 rings (SSSR count). The van der Waals surface area contributed by atoms with Crippen LogP contribution >= 0.6 is 11.3 Å². The minimum atomic E-state index is 0.0991. The predicted octanol–water partition coefficient (Wildman–Crippen LogP) is 1.88. The largest absolute Gasteiger partial charge is 0.349 e. The third-order valence-electron chi connectivity index (χ3n) is 3.12. The number of carbonyl (C=O) groups excluding carboxylic acids is 1. The standard InChI is InChI=1S/C12H18N2OS/c1-9-5-8-16-11(9)12(15)13-10-3-6-14(2)7-4-10/h5,8,10H,3-4,6-7H2,1-2H3,(H,13,15). The highest BCUT2D eigenvalue weighted by atomic mass is 32.1. The maximum atomic E-state index is 12.0. The Morgan fingerprint density at radius 3 is 2.75 bits per heavy atom. The summed E-state index contributed by atoms with van der Waals surface area (Å²) >= 11 is 1.52. The molecule has 0 spiro atoms. The molecule has 1 aromatic heterocycles. The second-order valence-corrected chi connectivity index (χ2v) is 5.40. The quantitative estimate of drug-likeness (QED) is 0.853. The lowest BCUT2D eigenvalue weighted by molar-refractivity contribution is 0.0920. The number of amides is 1. The molecule has 0 unspecified atom stereocenters. The molecule has 1 saturated heterocycles. The molecule has 3 nitrogen and oxygen atoms in total. The molecule has 0 saturated carbocycles. The second-order valence-electron chi connectivity index (χ2n) is 4.48. The van der Waals surface area contributed by atoms with Crippen molar-refractivity contribution in [2.45, 2.75) is 25.8 Å². The summed E-state index contributed by atoms with van der Waals surface area (Å²) in [5.41, 5.74) is 1.08. The van der Waals surface area contributed by atoms with Gasteiger partial charge >= 0.3 is 0 Å². The van der Waals surface area contributed by atoms with Gasteiger partial charge in [-0.3, -0.25) is 4.79 Å². The third-order valence-corrected chi connectivity index (χ3v) is 4.14. The third kappa shape index (κ3) is 2.62. The van der Waals surface area contributed by atoms with Crippen molar-refractivity contribution < 1.29 is 4.79 Å². The first-order valence-corrected chi connectivity index (χ1v) is 6.58. The minimum absolute atomic E-state index is 0.0991. The normalized spacial score (nSPS) is 18.6. The highest BCUT2D eigenvalue weighted by Gasteiger charge is 2.20. The second kappa shape index (κ2) is 4.97. The molecule has 4 heteroatoms. The molecule has 0 radical (unpaired) electrons. The Hall–Kier alpha value is -0.870. The maximum absolute atomic E-state index is 12.0. The molecular weight excluding hydrogens is 220 g/mol. The molecular formula is C12H18N2OS. The van der Waals surface area contributed by atoms with Gasteiger partial charge in [-0.25, -0.2) is 0 Å². The van der Waals surface area contributed by atoms with Gasteiger partial charge < -0.3 is 10.2 Å². The molecule has 0 bridgehead atoms. The number of rotatable bonds is 2. The average Bonchev–Trinajstić information content (AvgIpc) is 2.68. The van der Waals surface area contributed by atoms with Crippen LogP contribution in [-0.4, -0.2) is 37.0 Å². The van der Waals surface area contributed by atoms with Gasteiger partial charge in [0, 0.05) is 6.04 Å². The fourth-order valence-electron chi connectivity index (χ4n) is 2.01. The van der Waals surface area contributed by atoms with Gasteiger partial charge in [-0.2, -0.15) is 0 Å². The molecule has 0 aliphatic carbocycles. The smallest absolute Gasteiger partial charge is 0.261 e. The number of carbonyl (C=O) groups is 1. The van der Waals surface area contributed by atoms with Crippen molar-refractivity contribution in [3.05, 3.63) is 21.9 Å². The fourth-order valence-corrected chi connectivity index (χ4v) is 2.84. The Labute approximate surface area is 100 Å². The summed E-state index contributed by atoms with van der Waals surface area (Å²) in [6, 6.07) is 2.35. The Morgan fingerprint density at radius 1 is 1.50 bits per heavy atom. The van der Waals surface area contributed by atoms with Crippen molar-refractivity contribution >= 4 is 17.2 Å². The van der Waals surface area contributed by atoms with E-state index in [4.69, 9.17) is 0 Å². The maximum Gasteiger partial charge on any atom is 0.261 e. The first-order chi connectivity index (χ1) is 7.66. The molecule has 1 aliphatic rings. The Balaban J connectivity index is 1.91. The molecule has 1 aliphatic heterocycles. The van der Waals surface area contributed by atoms with E-state index in [-0.39, 0.29) is 5.91 Å². The number of thiophene rings is 1. The van der Waals surface area contributed by atoms with Crippen LogP contribution in [0.4, 0.5) is 0 Å². The van der Waals surface area contributed by atoms with Gasteiger partial charge in [-0.15, -0.1) is 11.3 Å². The van der Waals surface area contributed by atoms with Crippen molar-refractivity contribution in [2.24, 2.45) is 0 Å². The van der Waals surface area contributed by atoms with Crippen LogP contribution in [-0.2, 0) is 0 Å². The van der Waals surface area contributed by atoms with Gasteiger partial charge in [0.2, 0.25) is 0 Å². The van der Waals surface area contributed by atoms with Gasteiger partial charge in [0.15, 0.2) is 0 Å². The van der Waals surface area contributed by atoms with Gasteiger partial charge in [-0.1, -0.05) is 0 Å². The molecule has 16 heavy (non-hydrogen) atoms. The van der Waals surface area contributed by atoms with Crippen LogP contribution in [0, 0.1) is 6.92 Å². The minimum Gasteiger partial charge on any atom is -0.349 e. The van der Waals surface area contributed by atoms with E-state index in [9.17, 15) is 4.79 Å². The monoisotopic (exact) mass is 238 g/mol. The molecule has 2 heterocycles. The van der Waals surface area contributed by atoms with Crippen molar-refractivity contribution in [1.29, 1.82) is 0 Å². The molecule has 1 N–H and O–H groups in total. The lowest BCUT2D eigenvalue weighted by Gasteiger charge is -2.29. The van der Waals surface area contributed by atoms with E-state index < -0.39 is 0 Å². The zero-order chi connectivity index (χ0) is 11.5. The average molecular weight is 238 g/mol. The summed E-state index contributed by atoms with van der Waals surface area (Å²) in [4.78, 5) is 15.1. The summed E-state index contributed by atoms with van der Waals surface area (Å²) in [5.74, 6) is 0.0991. The topological polar surface area (TPSA) is 32.3 Å². The highest BCUT2D eigenvalue weighted by molar-refractivity contribution is 7.12. The van der Waals surface area contributed by atoms with E-state index in [0.29, 0.717) is 6.04 Å². The summed E-state index contributed by atoms with van der Waals surface area (Å²) < 4.78 is 0. The van der Waals surface area contributed by atoms with Crippen molar-refractivity contribution in [1.82, 2.24) is 10.2 Å². The van der Waals surface area contributed by atoms with E-state index in [2.05, 4.69) is 17.3 Å². The lowest BCUT2D eigenvalue weighted by atomic mass is 10.1. The van der Waals surface area contributed by atoms with E-state index >= 15 is 0 Å². The summed E-state index contributed by atoms with van der Waals surface area (Å²) in [6.45, 7) is 4.14. The number of piperidine rings is 1. The van der Waals surface area contributed by atoms with Crippen molar-refractivity contribution in [2.75, 3.05) is 20.1 Å².